The fourth-order valence-electron chi connectivity index (χ4n) is 3.26. The van der Waals surface area contributed by atoms with Gasteiger partial charge in [0.25, 0.3) is 5.69 Å². The summed E-state index contributed by atoms with van der Waals surface area (Å²) >= 11 is 1.62. The minimum absolute atomic E-state index is 0.00483. The van der Waals surface area contributed by atoms with E-state index in [0.29, 0.717) is 25.3 Å². The standard InChI is InChI=1S/C19H21N3O5S/c1-13-4-5-14(15(11-13)22(25)26)21-18(24)17(23)20-12-19(6-8-27-9-7-19)16-3-2-10-28-16/h2-5,10-11H,6-9,12H2,1H3,(H,20,23)(H,21,24). The second-order valence-corrected chi connectivity index (χ2v) is 7.73. The van der Waals surface area contributed by atoms with Crippen LogP contribution in [0.1, 0.15) is 23.3 Å². The number of amides is 2. The topological polar surface area (TPSA) is 111 Å². The molecule has 1 aromatic carbocycles. The lowest BCUT2D eigenvalue weighted by molar-refractivity contribution is -0.384. The Morgan fingerprint density at radius 3 is 2.64 bits per heavy atom. The maximum atomic E-state index is 12.3. The number of rotatable bonds is 5. The number of anilines is 1. The van der Waals surface area contributed by atoms with Gasteiger partial charge in [-0.25, -0.2) is 0 Å². The van der Waals surface area contributed by atoms with Crippen LogP contribution in [0.2, 0.25) is 0 Å². The Balaban J connectivity index is 1.68. The lowest BCUT2D eigenvalue weighted by Gasteiger charge is -2.36. The second kappa shape index (κ2) is 8.49. The summed E-state index contributed by atoms with van der Waals surface area (Å²) in [4.78, 5) is 36.3. The normalized spacial score (nSPS) is 15.6. The number of thiophene rings is 1. The van der Waals surface area contributed by atoms with Crippen molar-refractivity contribution < 1.29 is 19.2 Å². The van der Waals surface area contributed by atoms with Crippen molar-refractivity contribution in [2.75, 3.05) is 25.1 Å². The highest BCUT2D eigenvalue weighted by molar-refractivity contribution is 7.10. The highest BCUT2D eigenvalue weighted by atomic mass is 32.1. The number of ether oxygens (including phenoxy) is 1. The van der Waals surface area contributed by atoms with E-state index in [1.165, 1.54) is 12.1 Å². The summed E-state index contributed by atoms with van der Waals surface area (Å²) in [7, 11) is 0. The zero-order valence-corrected chi connectivity index (χ0v) is 16.2. The van der Waals surface area contributed by atoms with Crippen molar-refractivity contribution >= 4 is 34.5 Å². The molecule has 9 heteroatoms. The number of benzene rings is 1. The number of nitro groups is 1. The number of aryl methyl sites for hydroxylation is 1. The first-order valence-corrected chi connectivity index (χ1v) is 9.75. The Kier molecular flexibility index (Phi) is 6.05. The summed E-state index contributed by atoms with van der Waals surface area (Å²) in [5.74, 6) is -1.75. The molecule has 2 N–H and O–H groups in total. The molecular formula is C19H21N3O5S. The Bertz CT molecular complexity index is 876. The third-order valence-electron chi connectivity index (χ3n) is 4.89. The van der Waals surface area contributed by atoms with Crippen LogP contribution >= 0.6 is 11.3 Å². The molecule has 0 radical (unpaired) electrons. The van der Waals surface area contributed by atoms with E-state index in [9.17, 15) is 19.7 Å². The van der Waals surface area contributed by atoms with Crippen LogP contribution < -0.4 is 10.6 Å². The molecule has 1 fully saturated rings. The minimum atomic E-state index is -0.930. The van der Waals surface area contributed by atoms with Crippen molar-refractivity contribution in [3.63, 3.8) is 0 Å². The van der Waals surface area contributed by atoms with Gasteiger partial charge in [0.05, 0.1) is 4.92 Å². The van der Waals surface area contributed by atoms with E-state index < -0.39 is 16.7 Å². The maximum absolute atomic E-state index is 12.3. The molecule has 1 aliphatic rings. The average Bonchev–Trinajstić information content (AvgIpc) is 3.23. The van der Waals surface area contributed by atoms with Gasteiger partial charge in [0.2, 0.25) is 0 Å². The summed E-state index contributed by atoms with van der Waals surface area (Å²) in [6, 6.07) is 8.39. The number of nitrogens with one attached hydrogen (secondary N) is 2. The van der Waals surface area contributed by atoms with Crippen LogP contribution in [0.5, 0.6) is 0 Å². The second-order valence-electron chi connectivity index (χ2n) is 6.78. The van der Waals surface area contributed by atoms with Crippen molar-refractivity contribution in [3.8, 4) is 0 Å². The average molecular weight is 403 g/mol. The Labute approximate surface area is 166 Å². The van der Waals surface area contributed by atoms with Gasteiger partial charge in [-0.2, -0.15) is 0 Å². The van der Waals surface area contributed by atoms with Crippen LogP contribution in [-0.4, -0.2) is 36.5 Å². The lowest BCUT2D eigenvalue weighted by atomic mass is 9.78. The molecule has 3 rings (SSSR count). The summed E-state index contributed by atoms with van der Waals surface area (Å²) in [6.45, 7) is 3.20. The number of nitrogens with zero attached hydrogens (tertiary/aromatic N) is 1. The molecule has 0 saturated carbocycles. The highest BCUT2D eigenvalue weighted by Gasteiger charge is 2.36. The molecular weight excluding hydrogens is 382 g/mol. The third kappa shape index (κ3) is 4.37. The molecule has 0 atom stereocenters. The highest BCUT2D eigenvalue weighted by Crippen LogP contribution is 2.37. The van der Waals surface area contributed by atoms with Crippen LogP contribution in [0.25, 0.3) is 0 Å². The summed E-state index contributed by atoms with van der Waals surface area (Å²) in [6.07, 6.45) is 1.50. The zero-order valence-electron chi connectivity index (χ0n) is 15.4. The van der Waals surface area contributed by atoms with E-state index in [1.54, 1.807) is 24.3 Å². The summed E-state index contributed by atoms with van der Waals surface area (Å²) in [5, 5.41) is 18.2. The Hall–Kier alpha value is -2.78. The summed E-state index contributed by atoms with van der Waals surface area (Å²) in [5.41, 5.74) is 0.167. The molecule has 0 unspecified atom stereocenters. The largest absolute Gasteiger partial charge is 0.381 e. The fourth-order valence-corrected chi connectivity index (χ4v) is 4.25. The van der Waals surface area contributed by atoms with E-state index in [4.69, 9.17) is 4.74 Å². The van der Waals surface area contributed by atoms with Crippen molar-refractivity contribution in [1.82, 2.24) is 5.32 Å². The maximum Gasteiger partial charge on any atom is 0.313 e. The molecule has 1 aromatic heterocycles. The van der Waals surface area contributed by atoms with Crippen molar-refractivity contribution in [2.45, 2.75) is 25.2 Å². The van der Waals surface area contributed by atoms with Crippen molar-refractivity contribution in [3.05, 3.63) is 56.3 Å². The van der Waals surface area contributed by atoms with Gasteiger partial charge in [-0.3, -0.25) is 19.7 Å². The van der Waals surface area contributed by atoms with Crippen LogP contribution in [-0.2, 0) is 19.7 Å². The predicted octanol–water partition coefficient (Wildman–Crippen LogP) is 2.77. The monoisotopic (exact) mass is 403 g/mol. The molecule has 0 aliphatic carbocycles. The van der Waals surface area contributed by atoms with Crippen LogP contribution in [0, 0.1) is 17.0 Å². The number of hydrogen-bond acceptors (Lipinski definition) is 6. The molecule has 0 bridgehead atoms. The zero-order chi connectivity index (χ0) is 20.1. The molecule has 28 heavy (non-hydrogen) atoms. The first kappa shape index (κ1) is 20.0. The molecule has 0 spiro atoms. The van der Waals surface area contributed by atoms with Gasteiger partial charge in [0.15, 0.2) is 0 Å². The molecule has 1 saturated heterocycles. The van der Waals surface area contributed by atoms with E-state index in [0.717, 1.165) is 17.7 Å². The van der Waals surface area contributed by atoms with E-state index in [-0.39, 0.29) is 16.8 Å². The van der Waals surface area contributed by atoms with Gasteiger partial charge in [-0.05, 0) is 42.8 Å². The number of carbonyl (C=O) groups excluding carboxylic acids is 2. The van der Waals surface area contributed by atoms with Gasteiger partial charge in [-0.1, -0.05) is 12.1 Å². The first-order chi connectivity index (χ1) is 13.4. The quantitative estimate of drug-likeness (QED) is 0.453. The van der Waals surface area contributed by atoms with Crippen LogP contribution in [0.3, 0.4) is 0 Å². The smallest absolute Gasteiger partial charge is 0.313 e. The van der Waals surface area contributed by atoms with Gasteiger partial charge in [0.1, 0.15) is 5.69 Å². The molecule has 1 aliphatic heterocycles. The molecule has 148 valence electrons. The molecule has 2 aromatic rings. The van der Waals surface area contributed by atoms with E-state index in [1.807, 2.05) is 17.5 Å². The van der Waals surface area contributed by atoms with E-state index in [2.05, 4.69) is 10.6 Å². The predicted molar refractivity (Wildman–Crippen MR) is 106 cm³/mol. The fraction of sp³-hybridized carbons (Fsp3) is 0.368. The van der Waals surface area contributed by atoms with Crippen LogP contribution in [0.4, 0.5) is 11.4 Å². The van der Waals surface area contributed by atoms with Crippen LogP contribution in [0.15, 0.2) is 35.7 Å². The van der Waals surface area contributed by atoms with Gasteiger partial charge < -0.3 is 15.4 Å². The minimum Gasteiger partial charge on any atom is -0.381 e. The number of nitro benzene ring substituents is 1. The van der Waals surface area contributed by atoms with Crippen molar-refractivity contribution in [1.29, 1.82) is 0 Å². The lowest BCUT2D eigenvalue weighted by Crippen LogP contribution is -2.46. The third-order valence-corrected chi connectivity index (χ3v) is 6.00. The Morgan fingerprint density at radius 1 is 1.25 bits per heavy atom. The van der Waals surface area contributed by atoms with Crippen molar-refractivity contribution in [2.24, 2.45) is 0 Å². The van der Waals surface area contributed by atoms with E-state index >= 15 is 0 Å². The number of carbonyl (C=O) groups is 2. The van der Waals surface area contributed by atoms with Gasteiger partial charge in [-0.15, -0.1) is 11.3 Å². The SMILES string of the molecule is Cc1ccc(NC(=O)C(=O)NCC2(c3cccs3)CCOCC2)c([N+](=O)[O-])c1. The Morgan fingerprint density at radius 2 is 2.00 bits per heavy atom. The van der Waals surface area contributed by atoms with Gasteiger partial charge >= 0.3 is 11.8 Å². The first-order valence-electron chi connectivity index (χ1n) is 8.87. The summed E-state index contributed by atoms with van der Waals surface area (Å²) < 4.78 is 5.45. The number of hydrogen-bond donors (Lipinski definition) is 2. The van der Waals surface area contributed by atoms with Gasteiger partial charge in [0, 0.05) is 36.1 Å². The molecule has 2 heterocycles. The molecule has 8 nitrogen and oxygen atoms in total. The molecule has 2 amide bonds.